The molecular weight excluding hydrogens is 652 g/mol. The maximum absolute atomic E-state index is 14.6. The second-order valence-corrected chi connectivity index (χ2v) is 13.4. The zero-order valence-electron chi connectivity index (χ0n) is 26.3. The number of aromatic amines is 1. The lowest BCUT2D eigenvalue weighted by Gasteiger charge is -2.43. The molecule has 4 rings (SSSR count). The molecule has 13 heteroatoms. The fourth-order valence-electron chi connectivity index (χ4n) is 6.41. The summed E-state index contributed by atoms with van der Waals surface area (Å²) in [6.45, 7) is 5.47. The molecule has 0 radical (unpaired) electrons. The van der Waals surface area contributed by atoms with Crippen LogP contribution in [0.2, 0.25) is 10.0 Å². The largest absolute Gasteiger partial charge is 0.465 e. The molecule has 46 heavy (non-hydrogen) atoms. The van der Waals surface area contributed by atoms with Gasteiger partial charge in [-0.05, 0) is 60.6 Å². The topological polar surface area (TPSA) is 132 Å². The minimum Gasteiger partial charge on any atom is -0.465 e. The molecule has 1 aromatic heterocycles. The number of likely N-dealkylation sites (N-methyl/N-ethyl adjacent to an activating group) is 1. The van der Waals surface area contributed by atoms with E-state index in [1.165, 1.54) is 29.2 Å². The fraction of sp³-hybridized carbons (Fsp3) is 0.455. The second-order valence-electron chi connectivity index (χ2n) is 12.1. The average Bonchev–Trinajstić information content (AvgIpc) is 3.37. The normalized spacial score (nSPS) is 17.9. The highest BCUT2D eigenvalue weighted by Gasteiger charge is 2.48. The first kappa shape index (κ1) is 35.4. The highest BCUT2D eigenvalue weighted by molar-refractivity contribution is 7.80. The number of hydrogen-bond donors (Lipinski definition) is 4. The lowest BCUT2D eigenvalue weighted by molar-refractivity contribution is -0.144. The standard InChI is InChI=1S/C33H40Cl2FN5O4S/c1-5-7-26(29(37)46)40(4)31(43)33(13-12-25-23(16-33)22-14-20(34)15-24(35)27(22)38-25)39-30(42)28(18(3)6-2)41(32(44)45)17-19-8-10-21(36)11-9-19/h8-11,14-15,18,26,28,38H,5-7,12-13,16-17H2,1-4H3,(H2,37,46)(H,39,42)(H,44,45)/t18?,26?,28-,33?/m0/s1. The van der Waals surface area contributed by atoms with Gasteiger partial charge in [-0.25, -0.2) is 9.18 Å². The van der Waals surface area contributed by atoms with Crippen LogP contribution in [0.5, 0.6) is 0 Å². The van der Waals surface area contributed by atoms with E-state index in [0.29, 0.717) is 40.4 Å². The van der Waals surface area contributed by atoms with Crippen LogP contribution in [0.25, 0.3) is 10.9 Å². The van der Waals surface area contributed by atoms with E-state index in [1.807, 2.05) is 13.8 Å². The number of H-pyrrole nitrogens is 1. The molecule has 1 aliphatic rings. The summed E-state index contributed by atoms with van der Waals surface area (Å²) in [6.07, 6.45) is 1.14. The summed E-state index contributed by atoms with van der Waals surface area (Å²) in [5, 5.41) is 15.0. The molecule has 3 unspecified atom stereocenters. The van der Waals surface area contributed by atoms with Gasteiger partial charge in [-0.15, -0.1) is 0 Å². The van der Waals surface area contributed by atoms with Gasteiger partial charge in [-0.2, -0.15) is 0 Å². The summed E-state index contributed by atoms with van der Waals surface area (Å²) in [4.78, 5) is 47.8. The summed E-state index contributed by atoms with van der Waals surface area (Å²) in [6, 6.07) is 7.16. The summed E-state index contributed by atoms with van der Waals surface area (Å²) >= 11 is 18.2. The van der Waals surface area contributed by atoms with E-state index in [1.54, 1.807) is 26.1 Å². The summed E-state index contributed by atoms with van der Waals surface area (Å²) in [7, 11) is 1.62. The van der Waals surface area contributed by atoms with Gasteiger partial charge in [0.25, 0.3) is 0 Å². The number of nitrogens with one attached hydrogen (secondary N) is 2. The van der Waals surface area contributed by atoms with Crippen molar-refractivity contribution in [2.24, 2.45) is 11.7 Å². The van der Waals surface area contributed by atoms with Crippen molar-refractivity contribution in [2.45, 2.75) is 83.5 Å². The molecule has 5 N–H and O–H groups in total. The van der Waals surface area contributed by atoms with Crippen LogP contribution in [0.1, 0.15) is 63.3 Å². The van der Waals surface area contributed by atoms with Crippen molar-refractivity contribution in [2.75, 3.05) is 7.05 Å². The van der Waals surface area contributed by atoms with Gasteiger partial charge in [0.1, 0.15) is 17.4 Å². The molecule has 0 bridgehead atoms. The van der Waals surface area contributed by atoms with Gasteiger partial charge in [-0.3, -0.25) is 14.5 Å². The van der Waals surface area contributed by atoms with Crippen LogP contribution in [-0.4, -0.2) is 67.5 Å². The molecular formula is C33H40Cl2FN5O4S. The Morgan fingerprint density at radius 3 is 2.46 bits per heavy atom. The van der Waals surface area contributed by atoms with Crippen LogP contribution in [0.3, 0.4) is 0 Å². The predicted molar refractivity (Wildman–Crippen MR) is 183 cm³/mol. The van der Waals surface area contributed by atoms with Crippen molar-refractivity contribution in [3.63, 3.8) is 0 Å². The lowest BCUT2D eigenvalue weighted by Crippen LogP contribution is -2.66. The number of thiocarbonyl (C=S) groups is 1. The van der Waals surface area contributed by atoms with E-state index in [4.69, 9.17) is 41.2 Å². The lowest BCUT2D eigenvalue weighted by atomic mass is 9.77. The molecule has 0 aliphatic heterocycles. The molecule has 0 saturated carbocycles. The molecule has 2 aromatic carbocycles. The summed E-state index contributed by atoms with van der Waals surface area (Å²) in [5.41, 5.74) is 7.48. The number of carbonyl (C=O) groups is 3. The highest BCUT2D eigenvalue weighted by Crippen LogP contribution is 2.39. The van der Waals surface area contributed by atoms with Gasteiger partial charge in [0.2, 0.25) is 11.8 Å². The monoisotopic (exact) mass is 691 g/mol. The third kappa shape index (κ3) is 7.26. The number of nitrogens with zero attached hydrogens (tertiary/aromatic N) is 2. The third-order valence-electron chi connectivity index (χ3n) is 9.05. The maximum Gasteiger partial charge on any atom is 0.408 e. The Hall–Kier alpha value is -3.41. The Bertz CT molecular complexity index is 1630. The Morgan fingerprint density at radius 2 is 1.87 bits per heavy atom. The first-order valence-electron chi connectivity index (χ1n) is 15.3. The maximum atomic E-state index is 14.6. The van der Waals surface area contributed by atoms with Crippen LogP contribution < -0.4 is 11.1 Å². The SMILES string of the molecule is CCCC(C(N)=S)N(C)C(=O)C1(NC(=O)[C@H](C(C)CC)N(Cc2ccc(F)cc2)C(=O)O)CCc2[nH]c3c(Cl)cc(Cl)cc3c2C1. The van der Waals surface area contributed by atoms with Crippen LogP contribution in [0, 0.1) is 11.7 Å². The molecule has 0 fully saturated rings. The van der Waals surface area contributed by atoms with Gasteiger partial charge in [-0.1, -0.05) is 81.2 Å². The van der Waals surface area contributed by atoms with Crippen LogP contribution in [0.4, 0.5) is 9.18 Å². The molecule has 0 spiro atoms. The molecule has 3 amide bonds. The number of carbonyl (C=O) groups excluding carboxylic acids is 2. The smallest absolute Gasteiger partial charge is 0.408 e. The minimum absolute atomic E-state index is 0.0996. The number of aromatic nitrogens is 1. The van der Waals surface area contributed by atoms with E-state index in [9.17, 15) is 23.9 Å². The second kappa shape index (κ2) is 14.6. The first-order chi connectivity index (χ1) is 21.7. The molecule has 1 heterocycles. The van der Waals surface area contributed by atoms with Crippen molar-refractivity contribution in [3.05, 3.63) is 69.1 Å². The number of amides is 3. The van der Waals surface area contributed by atoms with Gasteiger partial charge < -0.3 is 26.0 Å². The van der Waals surface area contributed by atoms with Crippen molar-refractivity contribution < 1.29 is 23.9 Å². The van der Waals surface area contributed by atoms with Crippen LogP contribution in [-0.2, 0) is 29.0 Å². The quantitative estimate of drug-likeness (QED) is 0.161. The average molecular weight is 693 g/mol. The molecule has 1 aliphatic carbocycles. The molecule has 4 atom stereocenters. The summed E-state index contributed by atoms with van der Waals surface area (Å²) in [5.74, 6) is -1.87. The van der Waals surface area contributed by atoms with Crippen LogP contribution >= 0.6 is 35.4 Å². The molecule has 9 nitrogen and oxygen atoms in total. The molecule has 0 saturated heterocycles. The number of hydrogen-bond acceptors (Lipinski definition) is 4. The van der Waals surface area contributed by atoms with E-state index in [-0.39, 0.29) is 30.3 Å². The van der Waals surface area contributed by atoms with Gasteiger partial charge in [0, 0.05) is 36.1 Å². The van der Waals surface area contributed by atoms with E-state index >= 15 is 0 Å². The zero-order chi connectivity index (χ0) is 33.9. The van der Waals surface area contributed by atoms with Gasteiger partial charge >= 0.3 is 6.09 Å². The zero-order valence-corrected chi connectivity index (χ0v) is 28.7. The van der Waals surface area contributed by atoms with E-state index < -0.39 is 41.4 Å². The Kier molecular flexibility index (Phi) is 11.2. The number of halogens is 3. The number of fused-ring (bicyclic) bond motifs is 3. The van der Waals surface area contributed by atoms with E-state index in [2.05, 4.69) is 10.3 Å². The number of nitrogens with two attached hydrogens (primary N) is 1. The van der Waals surface area contributed by atoms with Crippen molar-refractivity contribution in [3.8, 4) is 0 Å². The summed E-state index contributed by atoms with van der Waals surface area (Å²) < 4.78 is 13.6. The van der Waals surface area contributed by atoms with Gasteiger partial charge in [0.05, 0.1) is 21.6 Å². The number of rotatable bonds is 12. The fourth-order valence-corrected chi connectivity index (χ4v) is 7.22. The number of benzene rings is 2. The number of carboxylic acid groups (broad SMARTS) is 1. The third-order valence-corrected chi connectivity index (χ3v) is 9.84. The highest BCUT2D eigenvalue weighted by atomic mass is 35.5. The Labute approximate surface area is 283 Å². The van der Waals surface area contributed by atoms with Crippen molar-refractivity contribution in [1.82, 2.24) is 20.1 Å². The Balaban J connectivity index is 1.80. The first-order valence-corrected chi connectivity index (χ1v) is 16.5. The predicted octanol–water partition coefficient (Wildman–Crippen LogP) is 6.47. The van der Waals surface area contributed by atoms with E-state index in [0.717, 1.165) is 28.0 Å². The van der Waals surface area contributed by atoms with Crippen molar-refractivity contribution >= 4 is 69.2 Å². The van der Waals surface area contributed by atoms with Crippen LogP contribution in [0.15, 0.2) is 36.4 Å². The number of aryl methyl sites for hydroxylation is 1. The van der Waals surface area contributed by atoms with Gasteiger partial charge in [0.15, 0.2) is 0 Å². The molecule has 3 aromatic rings. The molecule has 248 valence electrons. The minimum atomic E-state index is -1.47. The Morgan fingerprint density at radius 1 is 1.20 bits per heavy atom. The van der Waals surface area contributed by atoms with Crippen molar-refractivity contribution in [1.29, 1.82) is 0 Å².